The van der Waals surface area contributed by atoms with Gasteiger partial charge in [-0.3, -0.25) is 0 Å². The number of nitrogens with two attached hydrogens (primary N) is 1. The van der Waals surface area contributed by atoms with E-state index in [9.17, 15) is 0 Å². The zero-order valence-corrected chi connectivity index (χ0v) is 13.9. The molecule has 0 radical (unpaired) electrons. The normalized spacial score (nSPS) is 10.5. The lowest BCUT2D eigenvalue weighted by Gasteiger charge is -2.08. The number of nitriles is 1. The van der Waals surface area contributed by atoms with Crippen LogP contribution in [0.3, 0.4) is 0 Å². The molecule has 0 atom stereocenters. The molecule has 3 nitrogen and oxygen atoms in total. The summed E-state index contributed by atoms with van der Waals surface area (Å²) in [4.78, 5) is 4.73. The maximum Gasteiger partial charge on any atom is 0.123 e. The quantitative estimate of drug-likeness (QED) is 0.724. The summed E-state index contributed by atoms with van der Waals surface area (Å²) in [6, 6.07) is 13.8. The molecule has 0 amide bonds. The molecule has 0 aliphatic heterocycles. The van der Waals surface area contributed by atoms with Crippen LogP contribution < -0.4 is 5.73 Å². The lowest BCUT2D eigenvalue weighted by molar-refractivity contribution is 1.08. The number of hydrogen-bond donors (Lipinski definition) is 1. The number of thiazole rings is 1. The van der Waals surface area contributed by atoms with E-state index < -0.39 is 0 Å². The molecule has 23 heavy (non-hydrogen) atoms. The van der Waals surface area contributed by atoms with Crippen molar-refractivity contribution in [3.8, 4) is 16.6 Å². The number of rotatable bonds is 3. The van der Waals surface area contributed by atoms with Gasteiger partial charge in [0.1, 0.15) is 5.01 Å². The number of aryl methyl sites for hydroxylation is 2. The Balaban J connectivity index is 1.85. The van der Waals surface area contributed by atoms with Gasteiger partial charge in [0.2, 0.25) is 0 Å². The Morgan fingerprint density at radius 2 is 1.87 bits per heavy atom. The van der Waals surface area contributed by atoms with Crippen molar-refractivity contribution in [1.82, 2.24) is 4.98 Å². The lowest BCUT2D eigenvalue weighted by Crippen LogP contribution is -1.97. The van der Waals surface area contributed by atoms with Crippen molar-refractivity contribution in [2.24, 2.45) is 0 Å². The summed E-state index contributed by atoms with van der Waals surface area (Å²) in [6.07, 6.45) is 0.805. The van der Waals surface area contributed by atoms with Crippen molar-refractivity contribution in [1.29, 1.82) is 5.26 Å². The van der Waals surface area contributed by atoms with Crippen LogP contribution >= 0.6 is 11.3 Å². The van der Waals surface area contributed by atoms with Crippen LogP contribution in [-0.2, 0) is 6.42 Å². The van der Waals surface area contributed by atoms with Crippen LogP contribution in [0.4, 0.5) is 5.69 Å². The van der Waals surface area contributed by atoms with Crippen molar-refractivity contribution >= 4 is 17.0 Å². The predicted molar refractivity (Wildman–Crippen MR) is 95.4 cm³/mol. The maximum atomic E-state index is 8.86. The first-order chi connectivity index (χ1) is 11.1. The average Bonchev–Trinajstić information content (AvgIpc) is 3.01. The summed E-state index contributed by atoms with van der Waals surface area (Å²) in [7, 11) is 0. The molecular formula is C19H17N3S. The number of hydrogen-bond acceptors (Lipinski definition) is 4. The molecular weight excluding hydrogens is 302 g/mol. The highest BCUT2D eigenvalue weighted by molar-refractivity contribution is 7.13. The van der Waals surface area contributed by atoms with Gasteiger partial charge < -0.3 is 5.73 Å². The van der Waals surface area contributed by atoms with Gasteiger partial charge in [-0.25, -0.2) is 4.98 Å². The highest BCUT2D eigenvalue weighted by atomic mass is 32.1. The van der Waals surface area contributed by atoms with Crippen LogP contribution in [-0.4, -0.2) is 4.98 Å². The smallest absolute Gasteiger partial charge is 0.123 e. The molecule has 0 fully saturated rings. The molecule has 1 aromatic heterocycles. The fraction of sp³-hybridized carbons (Fsp3) is 0.158. The summed E-state index contributed by atoms with van der Waals surface area (Å²) in [5, 5.41) is 11.9. The number of nitrogen functional groups attached to an aromatic ring is 1. The second kappa shape index (κ2) is 6.23. The minimum atomic E-state index is 0.665. The largest absolute Gasteiger partial charge is 0.399 e. The fourth-order valence-corrected chi connectivity index (χ4v) is 3.32. The van der Waals surface area contributed by atoms with Gasteiger partial charge in [-0.05, 0) is 48.7 Å². The molecule has 0 saturated carbocycles. The average molecular weight is 319 g/mol. The monoisotopic (exact) mass is 319 g/mol. The first kappa shape index (κ1) is 15.3. The van der Waals surface area contributed by atoms with Crippen molar-refractivity contribution in [3.63, 3.8) is 0 Å². The van der Waals surface area contributed by atoms with Gasteiger partial charge in [-0.1, -0.05) is 18.2 Å². The van der Waals surface area contributed by atoms with Crippen LogP contribution in [0, 0.1) is 25.2 Å². The van der Waals surface area contributed by atoms with E-state index in [-0.39, 0.29) is 0 Å². The van der Waals surface area contributed by atoms with Crippen molar-refractivity contribution in [2.75, 3.05) is 5.73 Å². The highest BCUT2D eigenvalue weighted by Gasteiger charge is 2.08. The number of aromatic nitrogens is 1. The highest BCUT2D eigenvalue weighted by Crippen LogP contribution is 2.26. The Kier molecular flexibility index (Phi) is 4.14. The van der Waals surface area contributed by atoms with E-state index >= 15 is 0 Å². The lowest BCUT2D eigenvalue weighted by atomic mass is 10.0. The van der Waals surface area contributed by atoms with Crippen LogP contribution in [0.2, 0.25) is 0 Å². The molecule has 1 heterocycles. The van der Waals surface area contributed by atoms with E-state index in [0.29, 0.717) is 5.56 Å². The first-order valence-electron chi connectivity index (χ1n) is 7.37. The molecule has 0 saturated heterocycles. The van der Waals surface area contributed by atoms with Crippen LogP contribution in [0.1, 0.15) is 27.9 Å². The predicted octanol–water partition coefficient (Wildman–Crippen LogP) is 4.47. The van der Waals surface area contributed by atoms with Gasteiger partial charge in [-0.2, -0.15) is 5.26 Å². The van der Waals surface area contributed by atoms with E-state index in [1.165, 1.54) is 11.1 Å². The van der Waals surface area contributed by atoms with E-state index in [1.54, 1.807) is 11.3 Å². The van der Waals surface area contributed by atoms with Gasteiger partial charge in [0.15, 0.2) is 0 Å². The molecule has 2 N–H and O–H groups in total. The van der Waals surface area contributed by atoms with Crippen molar-refractivity contribution < 1.29 is 0 Å². The summed E-state index contributed by atoms with van der Waals surface area (Å²) in [5.41, 5.74) is 13.1. The van der Waals surface area contributed by atoms with Gasteiger partial charge >= 0.3 is 0 Å². The summed E-state index contributed by atoms with van der Waals surface area (Å²) >= 11 is 1.63. The molecule has 0 spiro atoms. The zero-order valence-electron chi connectivity index (χ0n) is 13.1. The summed E-state index contributed by atoms with van der Waals surface area (Å²) in [6.45, 7) is 4.11. The van der Waals surface area contributed by atoms with E-state index in [1.807, 2.05) is 37.3 Å². The molecule has 0 aliphatic carbocycles. The summed E-state index contributed by atoms with van der Waals surface area (Å²) < 4.78 is 0. The third-order valence-corrected chi connectivity index (χ3v) is 4.85. The van der Waals surface area contributed by atoms with Crippen molar-refractivity contribution in [3.05, 3.63) is 69.7 Å². The van der Waals surface area contributed by atoms with E-state index in [0.717, 1.165) is 33.9 Å². The molecule has 3 rings (SSSR count). The second-order valence-corrected chi connectivity index (χ2v) is 6.50. The van der Waals surface area contributed by atoms with Crippen LogP contribution in [0.25, 0.3) is 10.6 Å². The minimum Gasteiger partial charge on any atom is -0.399 e. The Morgan fingerprint density at radius 1 is 1.13 bits per heavy atom. The molecule has 0 aliphatic rings. The van der Waals surface area contributed by atoms with Gasteiger partial charge in [0.05, 0.1) is 17.3 Å². The van der Waals surface area contributed by atoms with E-state index in [2.05, 4.69) is 24.4 Å². The maximum absolute atomic E-state index is 8.86. The number of benzene rings is 2. The first-order valence-corrected chi connectivity index (χ1v) is 8.25. The SMILES string of the molecule is Cc1cc(Cc2csc(-c3ccc(C#N)cc3)n2)c(C)cc1N. The number of nitrogens with zero attached hydrogens (tertiary/aromatic N) is 2. The Hall–Kier alpha value is -2.64. The standard InChI is InChI=1S/C19H17N3S/c1-12-8-18(21)13(2)7-16(12)9-17-11-23-19(22-17)15-5-3-14(10-20)4-6-15/h3-8,11H,9,21H2,1-2H3. The molecule has 3 aromatic rings. The summed E-state index contributed by atoms with van der Waals surface area (Å²) in [5.74, 6) is 0. The van der Waals surface area contributed by atoms with Gasteiger partial charge in [0.25, 0.3) is 0 Å². The van der Waals surface area contributed by atoms with Crippen LogP contribution in [0.15, 0.2) is 41.8 Å². The van der Waals surface area contributed by atoms with Crippen molar-refractivity contribution in [2.45, 2.75) is 20.3 Å². The molecule has 4 heteroatoms. The molecule has 2 aromatic carbocycles. The van der Waals surface area contributed by atoms with E-state index in [4.69, 9.17) is 16.0 Å². The Labute approximate surface area is 140 Å². The fourth-order valence-electron chi connectivity index (χ4n) is 2.49. The Morgan fingerprint density at radius 3 is 2.57 bits per heavy atom. The topological polar surface area (TPSA) is 62.7 Å². The molecule has 0 unspecified atom stereocenters. The molecule has 114 valence electrons. The minimum absolute atomic E-state index is 0.665. The number of anilines is 1. The third-order valence-electron chi connectivity index (χ3n) is 3.91. The third kappa shape index (κ3) is 3.25. The zero-order chi connectivity index (χ0) is 16.4. The molecule has 0 bridgehead atoms. The van der Waals surface area contributed by atoms with Gasteiger partial charge in [-0.15, -0.1) is 11.3 Å². The second-order valence-electron chi connectivity index (χ2n) is 5.65. The van der Waals surface area contributed by atoms with Gasteiger partial charge in [0, 0.05) is 23.1 Å². The van der Waals surface area contributed by atoms with Crippen LogP contribution in [0.5, 0.6) is 0 Å². The Bertz CT molecular complexity index is 886.